The van der Waals surface area contributed by atoms with Gasteiger partial charge in [-0.15, -0.1) is 0 Å². The van der Waals surface area contributed by atoms with E-state index in [2.05, 4.69) is 16.3 Å². The monoisotopic (exact) mass is 365 g/mol. The fourth-order valence-corrected chi connectivity index (χ4v) is 4.17. The average Bonchev–Trinajstić information content (AvgIpc) is 3.28. The highest BCUT2D eigenvalue weighted by molar-refractivity contribution is 5.98. The predicted molar refractivity (Wildman–Crippen MR) is 102 cm³/mol. The van der Waals surface area contributed by atoms with Crippen LogP contribution in [0, 0.1) is 6.92 Å². The summed E-state index contributed by atoms with van der Waals surface area (Å²) in [4.78, 5) is 18.9. The fraction of sp³-hybridized carbons (Fsp3) is 0.429. The van der Waals surface area contributed by atoms with Crippen LogP contribution >= 0.6 is 0 Å². The molecule has 1 saturated heterocycles. The molecule has 0 aliphatic carbocycles. The lowest BCUT2D eigenvalue weighted by Crippen LogP contribution is -2.39. The first kappa shape index (κ1) is 16.4. The van der Waals surface area contributed by atoms with E-state index in [1.165, 1.54) is 5.56 Å². The maximum absolute atomic E-state index is 11.8. The number of pyridine rings is 1. The van der Waals surface area contributed by atoms with Crippen molar-refractivity contribution in [1.82, 2.24) is 10.3 Å². The smallest absolute Gasteiger partial charge is 0.253 e. The minimum Gasteiger partial charge on any atom is -0.493 e. The fourth-order valence-electron chi connectivity index (χ4n) is 4.17. The molecule has 0 unspecified atom stereocenters. The van der Waals surface area contributed by atoms with Gasteiger partial charge in [0.15, 0.2) is 0 Å². The summed E-state index contributed by atoms with van der Waals surface area (Å²) in [5, 5.41) is 2.85. The Morgan fingerprint density at radius 2 is 2.11 bits per heavy atom. The van der Waals surface area contributed by atoms with Gasteiger partial charge < -0.3 is 19.7 Å². The number of rotatable bonds is 3. The summed E-state index contributed by atoms with van der Waals surface area (Å²) in [6.45, 7) is 5.15. The molecule has 1 fully saturated rings. The van der Waals surface area contributed by atoms with Crippen molar-refractivity contribution in [3.63, 3.8) is 0 Å². The van der Waals surface area contributed by atoms with Gasteiger partial charge in [0.05, 0.1) is 24.4 Å². The molecule has 5 rings (SSSR count). The van der Waals surface area contributed by atoms with Crippen molar-refractivity contribution in [2.75, 3.05) is 24.6 Å². The van der Waals surface area contributed by atoms with E-state index < -0.39 is 0 Å². The van der Waals surface area contributed by atoms with E-state index in [0.29, 0.717) is 6.54 Å². The second-order valence-electron chi connectivity index (χ2n) is 7.48. The highest BCUT2D eigenvalue weighted by Gasteiger charge is 2.27. The largest absolute Gasteiger partial charge is 0.493 e. The summed E-state index contributed by atoms with van der Waals surface area (Å²) >= 11 is 0. The van der Waals surface area contributed by atoms with E-state index >= 15 is 0 Å². The molecule has 2 aromatic rings. The molecule has 27 heavy (non-hydrogen) atoms. The normalized spacial score (nSPS) is 18.7. The number of benzene rings is 1. The van der Waals surface area contributed by atoms with Crippen LogP contribution in [0.4, 0.5) is 5.82 Å². The molecule has 1 N–H and O–H groups in total. The van der Waals surface area contributed by atoms with Gasteiger partial charge >= 0.3 is 0 Å². The van der Waals surface area contributed by atoms with E-state index in [1.54, 1.807) is 0 Å². The number of amides is 1. The topological polar surface area (TPSA) is 63.7 Å². The molecule has 1 amide bonds. The molecule has 6 nitrogen and oxygen atoms in total. The van der Waals surface area contributed by atoms with Crippen molar-refractivity contribution in [2.24, 2.45) is 0 Å². The quantitative estimate of drug-likeness (QED) is 0.906. The van der Waals surface area contributed by atoms with Crippen molar-refractivity contribution < 1.29 is 14.3 Å². The van der Waals surface area contributed by atoms with Gasteiger partial charge in [-0.1, -0.05) is 0 Å². The molecule has 0 radical (unpaired) electrons. The van der Waals surface area contributed by atoms with E-state index in [4.69, 9.17) is 14.5 Å². The van der Waals surface area contributed by atoms with Gasteiger partial charge in [0.25, 0.3) is 5.91 Å². The molecular weight excluding hydrogens is 342 g/mol. The standard InChI is InChI=1S/C21H23N3O3/c1-13-10-17-18(12-22-21(17)25)23-20(13)24-7-4-15(5-8-24)27-16-2-3-19-14(11-16)6-9-26-19/h2-3,10-11,15H,4-9,12H2,1H3,(H,22,25). The minimum absolute atomic E-state index is 0.0148. The lowest BCUT2D eigenvalue weighted by molar-refractivity contribution is 0.0965. The Hall–Kier alpha value is -2.76. The highest BCUT2D eigenvalue weighted by atomic mass is 16.5. The zero-order chi connectivity index (χ0) is 18.4. The summed E-state index contributed by atoms with van der Waals surface area (Å²) < 4.78 is 11.8. The summed E-state index contributed by atoms with van der Waals surface area (Å²) in [5.41, 5.74) is 3.88. The van der Waals surface area contributed by atoms with Gasteiger partial charge in [0.1, 0.15) is 23.4 Å². The van der Waals surface area contributed by atoms with Gasteiger partial charge in [-0.25, -0.2) is 4.98 Å². The van der Waals surface area contributed by atoms with Crippen LogP contribution in [0.25, 0.3) is 0 Å². The number of aromatic nitrogens is 1. The van der Waals surface area contributed by atoms with E-state index in [9.17, 15) is 4.79 Å². The Labute approximate surface area is 158 Å². The zero-order valence-electron chi connectivity index (χ0n) is 15.5. The van der Waals surface area contributed by atoms with Crippen molar-refractivity contribution in [1.29, 1.82) is 0 Å². The third-order valence-electron chi connectivity index (χ3n) is 5.63. The summed E-state index contributed by atoms with van der Waals surface area (Å²) in [6.07, 6.45) is 3.11. The van der Waals surface area contributed by atoms with Crippen LogP contribution in [0.5, 0.6) is 11.5 Å². The van der Waals surface area contributed by atoms with Crippen molar-refractivity contribution in [2.45, 2.75) is 38.8 Å². The summed E-state index contributed by atoms with van der Waals surface area (Å²) in [6, 6.07) is 8.10. The highest BCUT2D eigenvalue weighted by Crippen LogP contribution is 2.31. The Kier molecular flexibility index (Phi) is 3.92. The zero-order valence-corrected chi connectivity index (χ0v) is 15.5. The molecule has 1 aromatic heterocycles. The molecule has 0 bridgehead atoms. The predicted octanol–water partition coefficient (Wildman–Crippen LogP) is 2.62. The Morgan fingerprint density at radius 3 is 2.96 bits per heavy atom. The van der Waals surface area contributed by atoms with Gasteiger partial charge in [-0.2, -0.15) is 0 Å². The molecule has 3 aliphatic rings. The van der Waals surface area contributed by atoms with Crippen LogP contribution < -0.4 is 19.7 Å². The molecule has 140 valence electrons. The van der Waals surface area contributed by atoms with E-state index in [1.807, 2.05) is 25.1 Å². The Bertz CT molecular complexity index is 904. The second-order valence-corrected chi connectivity index (χ2v) is 7.48. The molecular formula is C21H23N3O3. The number of fused-ring (bicyclic) bond motifs is 2. The number of carbonyl (C=O) groups is 1. The number of nitrogens with one attached hydrogen (secondary N) is 1. The third-order valence-corrected chi connectivity index (χ3v) is 5.63. The van der Waals surface area contributed by atoms with Gasteiger partial charge in [-0.3, -0.25) is 4.79 Å². The van der Waals surface area contributed by atoms with E-state index in [-0.39, 0.29) is 12.0 Å². The number of hydrogen-bond donors (Lipinski definition) is 1. The summed E-state index contributed by atoms with van der Waals surface area (Å²) in [7, 11) is 0. The molecule has 4 heterocycles. The van der Waals surface area contributed by atoms with Gasteiger partial charge in [0.2, 0.25) is 0 Å². The van der Waals surface area contributed by atoms with Gasteiger partial charge in [0, 0.05) is 37.9 Å². The maximum atomic E-state index is 11.8. The number of piperidine rings is 1. The molecule has 0 spiro atoms. The first-order valence-corrected chi connectivity index (χ1v) is 9.63. The first-order valence-electron chi connectivity index (χ1n) is 9.63. The number of aryl methyl sites for hydroxylation is 1. The minimum atomic E-state index is -0.0148. The SMILES string of the molecule is Cc1cc2c(nc1N1CCC(Oc3ccc4c(c3)CCO4)CC1)CNC2=O. The number of ether oxygens (including phenoxy) is 2. The first-order chi connectivity index (χ1) is 13.2. The lowest BCUT2D eigenvalue weighted by Gasteiger charge is -2.34. The number of hydrogen-bond acceptors (Lipinski definition) is 5. The van der Waals surface area contributed by atoms with Crippen LogP contribution in [-0.4, -0.2) is 36.7 Å². The lowest BCUT2D eigenvalue weighted by atomic mass is 10.1. The van der Waals surface area contributed by atoms with Crippen LogP contribution in [0.1, 0.15) is 40.0 Å². The van der Waals surface area contributed by atoms with Crippen LogP contribution in [0.3, 0.4) is 0 Å². The molecule has 3 aliphatic heterocycles. The van der Waals surface area contributed by atoms with Crippen LogP contribution in [0.15, 0.2) is 24.3 Å². The second kappa shape index (κ2) is 6.44. The van der Waals surface area contributed by atoms with Gasteiger partial charge in [-0.05, 0) is 36.8 Å². The molecule has 0 atom stereocenters. The van der Waals surface area contributed by atoms with E-state index in [0.717, 1.165) is 73.1 Å². The Morgan fingerprint density at radius 1 is 1.26 bits per heavy atom. The van der Waals surface area contributed by atoms with Crippen LogP contribution in [-0.2, 0) is 13.0 Å². The van der Waals surface area contributed by atoms with Crippen molar-refractivity contribution in [3.8, 4) is 11.5 Å². The third kappa shape index (κ3) is 2.99. The number of carbonyl (C=O) groups excluding carboxylic acids is 1. The molecule has 1 aromatic carbocycles. The summed E-state index contributed by atoms with van der Waals surface area (Å²) in [5.74, 6) is 2.91. The molecule has 0 saturated carbocycles. The van der Waals surface area contributed by atoms with Crippen molar-refractivity contribution >= 4 is 11.7 Å². The maximum Gasteiger partial charge on any atom is 0.253 e. The number of anilines is 1. The Balaban J connectivity index is 1.25. The number of nitrogens with zero attached hydrogens (tertiary/aromatic N) is 2. The average molecular weight is 365 g/mol. The van der Waals surface area contributed by atoms with Crippen molar-refractivity contribution in [3.05, 3.63) is 46.6 Å². The molecule has 6 heteroatoms. The van der Waals surface area contributed by atoms with Crippen LogP contribution in [0.2, 0.25) is 0 Å².